The van der Waals surface area contributed by atoms with Crippen molar-refractivity contribution in [1.29, 1.82) is 0 Å². The van der Waals surface area contributed by atoms with Crippen LogP contribution in [0, 0.1) is 10.1 Å². The molecule has 0 aromatic carbocycles. The fourth-order valence-corrected chi connectivity index (χ4v) is 1.34. The van der Waals surface area contributed by atoms with Gasteiger partial charge in [-0.3, -0.25) is 0 Å². The van der Waals surface area contributed by atoms with E-state index in [1.807, 2.05) is 0 Å². The van der Waals surface area contributed by atoms with Crippen molar-refractivity contribution in [3.63, 3.8) is 0 Å². The van der Waals surface area contributed by atoms with Gasteiger partial charge in [-0.1, -0.05) is 26.7 Å². The summed E-state index contributed by atoms with van der Waals surface area (Å²) in [5.74, 6) is 0.125. The summed E-state index contributed by atoms with van der Waals surface area (Å²) in [6.45, 7) is 4.19. The second-order valence-corrected chi connectivity index (χ2v) is 3.60. The van der Waals surface area contributed by atoms with Gasteiger partial charge < -0.3 is 10.1 Å². The van der Waals surface area contributed by atoms with Crippen molar-refractivity contribution in [2.45, 2.75) is 39.0 Å². The summed E-state index contributed by atoms with van der Waals surface area (Å²) in [5.41, 5.74) is 0.828. The first-order valence-corrected chi connectivity index (χ1v) is 5.11. The Morgan fingerprint density at radius 1 is 1.47 bits per heavy atom. The molecule has 5 heteroatoms. The third-order valence-electron chi connectivity index (χ3n) is 2.34. The van der Waals surface area contributed by atoms with Gasteiger partial charge in [0.1, 0.15) is 6.20 Å². The van der Waals surface area contributed by atoms with Crippen molar-refractivity contribution < 1.29 is 4.92 Å². The Morgan fingerprint density at radius 3 is 2.67 bits per heavy atom. The van der Waals surface area contributed by atoms with Crippen molar-refractivity contribution in [1.82, 2.24) is 9.97 Å². The van der Waals surface area contributed by atoms with Gasteiger partial charge in [0.2, 0.25) is 0 Å². The smallest absolute Gasteiger partial charge is 0.358 e. The number of nitro groups is 1. The zero-order chi connectivity index (χ0) is 11.3. The molecule has 0 aliphatic rings. The quantitative estimate of drug-likeness (QED) is 0.552. The lowest BCUT2D eigenvalue weighted by Gasteiger charge is -2.07. The van der Waals surface area contributed by atoms with Crippen LogP contribution in [0.15, 0.2) is 12.4 Å². The van der Waals surface area contributed by atoms with Crippen molar-refractivity contribution in [2.24, 2.45) is 0 Å². The SMILES string of the molecule is CCCCC(C)c1cnc([N+](=O)[O-])cn1. The fourth-order valence-electron chi connectivity index (χ4n) is 1.34. The van der Waals surface area contributed by atoms with E-state index in [4.69, 9.17) is 0 Å². The highest BCUT2D eigenvalue weighted by Gasteiger charge is 2.12. The number of nitrogens with zero attached hydrogens (tertiary/aromatic N) is 3. The van der Waals surface area contributed by atoms with Crippen LogP contribution in [0.2, 0.25) is 0 Å². The van der Waals surface area contributed by atoms with Crippen LogP contribution in [0.4, 0.5) is 5.82 Å². The van der Waals surface area contributed by atoms with E-state index in [1.54, 1.807) is 0 Å². The highest BCUT2D eigenvalue weighted by atomic mass is 16.6. The molecule has 0 N–H and O–H groups in total. The number of hydrogen-bond donors (Lipinski definition) is 0. The van der Waals surface area contributed by atoms with E-state index in [1.165, 1.54) is 12.4 Å². The lowest BCUT2D eigenvalue weighted by Crippen LogP contribution is -2.00. The maximum Gasteiger partial charge on any atom is 0.381 e. The Balaban J connectivity index is 2.66. The second-order valence-electron chi connectivity index (χ2n) is 3.60. The lowest BCUT2D eigenvalue weighted by molar-refractivity contribution is -0.389. The van der Waals surface area contributed by atoms with E-state index in [0.29, 0.717) is 5.92 Å². The summed E-state index contributed by atoms with van der Waals surface area (Å²) in [5, 5.41) is 10.4. The summed E-state index contributed by atoms with van der Waals surface area (Å²) in [6.07, 6.45) is 6.05. The van der Waals surface area contributed by atoms with Crippen LogP contribution >= 0.6 is 0 Å². The van der Waals surface area contributed by atoms with Gasteiger partial charge in [-0.15, -0.1) is 0 Å². The normalized spacial score (nSPS) is 12.4. The molecule has 5 nitrogen and oxygen atoms in total. The highest BCUT2D eigenvalue weighted by Crippen LogP contribution is 2.19. The number of rotatable bonds is 5. The minimum absolute atomic E-state index is 0.193. The molecule has 1 aromatic rings. The lowest BCUT2D eigenvalue weighted by atomic mass is 10.0. The molecule has 0 spiro atoms. The Labute approximate surface area is 88.7 Å². The predicted molar refractivity (Wildman–Crippen MR) is 56.6 cm³/mol. The molecule has 0 saturated carbocycles. The second kappa shape index (κ2) is 5.38. The molecule has 0 bridgehead atoms. The zero-order valence-corrected chi connectivity index (χ0v) is 9.01. The van der Waals surface area contributed by atoms with Crippen molar-refractivity contribution in [3.8, 4) is 0 Å². The Bertz CT molecular complexity index is 324. The first-order chi connectivity index (χ1) is 7.15. The first kappa shape index (κ1) is 11.6. The Hall–Kier alpha value is -1.52. The van der Waals surface area contributed by atoms with Gasteiger partial charge in [-0.05, 0) is 16.3 Å². The summed E-state index contributed by atoms with van der Waals surface area (Å²) in [6, 6.07) is 0. The minimum atomic E-state index is -0.534. The maximum absolute atomic E-state index is 10.4. The van der Waals surface area contributed by atoms with Crippen molar-refractivity contribution in [3.05, 3.63) is 28.2 Å². The molecule has 0 aliphatic heterocycles. The van der Waals surface area contributed by atoms with Gasteiger partial charge in [0.15, 0.2) is 6.20 Å². The molecule has 0 amide bonds. The van der Waals surface area contributed by atoms with Crippen molar-refractivity contribution in [2.75, 3.05) is 0 Å². The highest BCUT2D eigenvalue weighted by molar-refractivity contribution is 5.15. The van der Waals surface area contributed by atoms with Gasteiger partial charge in [0.25, 0.3) is 0 Å². The molecule has 15 heavy (non-hydrogen) atoms. The van der Waals surface area contributed by atoms with Gasteiger partial charge in [0, 0.05) is 5.92 Å². The first-order valence-electron chi connectivity index (χ1n) is 5.11. The van der Waals surface area contributed by atoms with E-state index in [0.717, 1.165) is 25.0 Å². The molecule has 82 valence electrons. The average molecular weight is 209 g/mol. The number of hydrogen-bond acceptors (Lipinski definition) is 4. The molecule has 1 atom stereocenters. The van der Waals surface area contributed by atoms with E-state index in [-0.39, 0.29) is 5.82 Å². The van der Waals surface area contributed by atoms with Crippen LogP contribution in [-0.2, 0) is 0 Å². The minimum Gasteiger partial charge on any atom is -0.358 e. The van der Waals surface area contributed by atoms with E-state index in [9.17, 15) is 10.1 Å². The Morgan fingerprint density at radius 2 is 2.20 bits per heavy atom. The molecule has 1 aromatic heterocycles. The molecule has 1 rings (SSSR count). The van der Waals surface area contributed by atoms with Crippen molar-refractivity contribution >= 4 is 5.82 Å². The fraction of sp³-hybridized carbons (Fsp3) is 0.600. The molecule has 0 radical (unpaired) electrons. The number of unbranched alkanes of at least 4 members (excludes halogenated alkanes) is 1. The van der Waals surface area contributed by atoms with E-state index in [2.05, 4.69) is 23.8 Å². The van der Waals surface area contributed by atoms with Gasteiger partial charge in [-0.2, -0.15) is 0 Å². The molecular formula is C10H15N3O2. The summed E-state index contributed by atoms with van der Waals surface area (Å²) in [7, 11) is 0. The standard InChI is InChI=1S/C10H15N3O2/c1-3-4-5-8(2)9-6-12-10(7-11-9)13(14)15/h6-8H,3-5H2,1-2H3. The molecular weight excluding hydrogens is 194 g/mol. The summed E-state index contributed by atoms with van der Waals surface area (Å²) >= 11 is 0. The van der Waals surface area contributed by atoms with Gasteiger partial charge in [-0.25, -0.2) is 4.98 Å². The molecule has 1 unspecified atom stereocenters. The topological polar surface area (TPSA) is 68.9 Å². The van der Waals surface area contributed by atoms with Crippen LogP contribution in [0.3, 0.4) is 0 Å². The third kappa shape index (κ3) is 3.27. The van der Waals surface area contributed by atoms with Crippen LogP contribution in [0.25, 0.3) is 0 Å². The molecule has 1 heterocycles. The average Bonchev–Trinajstić information content (AvgIpc) is 2.26. The summed E-state index contributed by atoms with van der Waals surface area (Å²) in [4.78, 5) is 17.6. The largest absolute Gasteiger partial charge is 0.381 e. The molecule has 0 fully saturated rings. The van der Waals surface area contributed by atoms with Crippen LogP contribution in [0.5, 0.6) is 0 Å². The van der Waals surface area contributed by atoms with Gasteiger partial charge >= 0.3 is 5.82 Å². The molecule has 0 saturated heterocycles. The number of aromatic nitrogens is 2. The van der Waals surface area contributed by atoms with Crippen LogP contribution in [-0.4, -0.2) is 14.9 Å². The van der Waals surface area contributed by atoms with E-state index < -0.39 is 4.92 Å². The monoisotopic (exact) mass is 209 g/mol. The van der Waals surface area contributed by atoms with Crippen LogP contribution in [0.1, 0.15) is 44.7 Å². The molecule has 0 aliphatic carbocycles. The third-order valence-corrected chi connectivity index (χ3v) is 2.34. The maximum atomic E-state index is 10.4. The Kier molecular flexibility index (Phi) is 4.15. The predicted octanol–water partition coefficient (Wildman–Crippen LogP) is 2.68. The zero-order valence-electron chi connectivity index (χ0n) is 9.01. The summed E-state index contributed by atoms with van der Waals surface area (Å²) < 4.78 is 0. The van der Waals surface area contributed by atoms with Gasteiger partial charge in [0.05, 0.1) is 5.69 Å². The van der Waals surface area contributed by atoms with Crippen LogP contribution < -0.4 is 0 Å². The van der Waals surface area contributed by atoms with E-state index >= 15 is 0 Å².